The van der Waals surface area contributed by atoms with Gasteiger partial charge < -0.3 is 4.90 Å². The minimum absolute atomic E-state index is 0.0537. The van der Waals surface area contributed by atoms with E-state index < -0.39 is 10.0 Å². The van der Waals surface area contributed by atoms with Gasteiger partial charge in [-0.1, -0.05) is 23.7 Å². The van der Waals surface area contributed by atoms with Crippen molar-refractivity contribution in [2.24, 2.45) is 0 Å². The van der Waals surface area contributed by atoms with Crippen molar-refractivity contribution in [3.8, 4) is 0 Å². The Hall–Kier alpha value is -2.75. The number of halogens is 1. The zero-order chi connectivity index (χ0) is 22.2. The number of hydrogen-bond acceptors (Lipinski definition) is 5. The van der Waals surface area contributed by atoms with Gasteiger partial charge in [-0.2, -0.15) is 4.31 Å². The first-order valence-corrected chi connectivity index (χ1v) is 11.6. The molecule has 0 bridgehead atoms. The molecule has 0 atom stereocenters. The molecule has 2 fully saturated rings. The van der Waals surface area contributed by atoms with Crippen molar-refractivity contribution in [2.45, 2.75) is 17.7 Å². The summed E-state index contributed by atoms with van der Waals surface area (Å²) >= 11 is 6.05. The van der Waals surface area contributed by atoms with E-state index in [1.165, 1.54) is 16.4 Å². The highest BCUT2D eigenvalue weighted by Gasteiger charge is 2.32. The van der Waals surface area contributed by atoms with E-state index in [1.807, 2.05) is 0 Å². The Kier molecular flexibility index (Phi) is 5.83. The van der Waals surface area contributed by atoms with Crippen LogP contribution in [0.2, 0.25) is 5.02 Å². The Morgan fingerprint density at radius 3 is 2.00 bits per heavy atom. The van der Waals surface area contributed by atoms with Crippen LogP contribution < -0.4 is 4.90 Å². The fraction of sp³-hybridized carbons (Fsp3) is 0.286. The van der Waals surface area contributed by atoms with E-state index in [0.29, 0.717) is 11.3 Å². The maximum atomic E-state index is 12.8. The maximum Gasteiger partial charge on any atom is 0.253 e. The molecular formula is C21H20ClN3O5S. The number of anilines is 1. The lowest BCUT2D eigenvalue weighted by molar-refractivity contribution is -0.121. The molecule has 0 radical (unpaired) electrons. The number of sulfonamides is 1. The second-order valence-corrected chi connectivity index (χ2v) is 9.61. The zero-order valence-electron chi connectivity index (χ0n) is 16.5. The van der Waals surface area contributed by atoms with E-state index in [9.17, 15) is 22.8 Å². The second kappa shape index (κ2) is 8.41. The molecule has 0 saturated carbocycles. The quantitative estimate of drug-likeness (QED) is 0.650. The van der Waals surface area contributed by atoms with Crippen molar-refractivity contribution in [3.63, 3.8) is 0 Å². The van der Waals surface area contributed by atoms with Gasteiger partial charge in [0.25, 0.3) is 5.91 Å². The fourth-order valence-electron chi connectivity index (χ4n) is 3.72. The van der Waals surface area contributed by atoms with Crippen molar-refractivity contribution >= 4 is 45.0 Å². The minimum atomic E-state index is -3.74. The highest BCUT2D eigenvalue weighted by atomic mass is 35.5. The Morgan fingerprint density at radius 1 is 0.839 bits per heavy atom. The number of nitrogens with zero attached hydrogens (tertiary/aromatic N) is 3. The Morgan fingerprint density at radius 2 is 1.42 bits per heavy atom. The number of benzene rings is 2. The maximum absolute atomic E-state index is 12.8. The van der Waals surface area contributed by atoms with Crippen molar-refractivity contribution in [1.82, 2.24) is 9.21 Å². The summed E-state index contributed by atoms with van der Waals surface area (Å²) in [5.41, 5.74) is 0.852. The predicted molar refractivity (Wildman–Crippen MR) is 114 cm³/mol. The van der Waals surface area contributed by atoms with E-state index in [2.05, 4.69) is 0 Å². The van der Waals surface area contributed by atoms with Gasteiger partial charge in [0.05, 0.1) is 10.7 Å². The molecule has 2 saturated heterocycles. The molecule has 3 amide bonds. The first kappa shape index (κ1) is 21.5. The van der Waals surface area contributed by atoms with E-state index >= 15 is 0 Å². The number of rotatable bonds is 4. The molecule has 2 aromatic carbocycles. The minimum Gasteiger partial charge on any atom is -0.336 e. The normalized spacial score (nSPS) is 18.0. The number of piperazine rings is 1. The summed E-state index contributed by atoms with van der Waals surface area (Å²) in [5, 5.41) is 0.163. The predicted octanol–water partition coefficient (Wildman–Crippen LogP) is 2.14. The lowest BCUT2D eigenvalue weighted by Gasteiger charge is -2.34. The van der Waals surface area contributed by atoms with Gasteiger partial charge in [0.1, 0.15) is 4.90 Å². The molecule has 2 aliphatic rings. The van der Waals surface area contributed by atoms with Crippen molar-refractivity contribution in [2.75, 3.05) is 31.1 Å². The van der Waals surface area contributed by atoms with Gasteiger partial charge in [-0.15, -0.1) is 0 Å². The monoisotopic (exact) mass is 461 g/mol. The number of hydrogen-bond donors (Lipinski definition) is 0. The Balaban J connectivity index is 1.42. The van der Waals surface area contributed by atoms with Gasteiger partial charge in [-0.25, -0.2) is 8.42 Å². The standard InChI is InChI=1S/C21H20ClN3O5S/c22-17-3-1-2-4-18(17)31(29,30)24-13-11-23(12-14-24)21(28)15-5-7-16(8-6-15)25-19(26)9-10-20(25)27/h1-8H,9-14H2. The van der Waals surface area contributed by atoms with E-state index in [1.54, 1.807) is 41.3 Å². The van der Waals surface area contributed by atoms with Gasteiger partial charge >= 0.3 is 0 Å². The molecule has 0 aliphatic carbocycles. The lowest BCUT2D eigenvalue weighted by atomic mass is 10.1. The van der Waals surface area contributed by atoms with E-state index in [-0.39, 0.29) is 66.7 Å². The number of imide groups is 1. The van der Waals surface area contributed by atoms with Gasteiger partial charge in [-0.05, 0) is 36.4 Å². The second-order valence-electron chi connectivity index (χ2n) is 7.30. The van der Waals surface area contributed by atoms with Crippen LogP contribution in [-0.4, -0.2) is 61.5 Å². The fourth-order valence-corrected chi connectivity index (χ4v) is 5.64. The molecule has 0 aromatic heterocycles. The number of carbonyl (C=O) groups excluding carboxylic acids is 3. The molecular weight excluding hydrogens is 442 g/mol. The van der Waals surface area contributed by atoms with E-state index in [0.717, 1.165) is 4.90 Å². The molecule has 2 aromatic rings. The molecule has 4 rings (SSSR count). The van der Waals surface area contributed by atoms with Crippen LogP contribution in [0.15, 0.2) is 53.4 Å². The lowest BCUT2D eigenvalue weighted by Crippen LogP contribution is -2.50. The summed E-state index contributed by atoms with van der Waals surface area (Å²) in [5.74, 6) is -0.736. The van der Waals surface area contributed by atoms with Gasteiger partial charge in [0.2, 0.25) is 21.8 Å². The van der Waals surface area contributed by atoms with Crippen LogP contribution in [-0.2, 0) is 19.6 Å². The summed E-state index contributed by atoms with van der Waals surface area (Å²) in [6.45, 7) is 0.809. The van der Waals surface area contributed by atoms with Crippen LogP contribution in [0.3, 0.4) is 0 Å². The first-order chi connectivity index (χ1) is 14.8. The Labute approximate surface area is 185 Å². The third-order valence-corrected chi connectivity index (χ3v) is 7.80. The molecule has 8 nitrogen and oxygen atoms in total. The molecule has 0 N–H and O–H groups in total. The van der Waals surface area contributed by atoms with Crippen molar-refractivity contribution in [3.05, 3.63) is 59.1 Å². The third-order valence-electron chi connectivity index (χ3n) is 5.40. The molecule has 2 heterocycles. The average Bonchev–Trinajstić information content (AvgIpc) is 3.11. The molecule has 31 heavy (non-hydrogen) atoms. The Bertz CT molecular complexity index is 1130. The van der Waals surface area contributed by atoms with Gasteiger partial charge in [0, 0.05) is 44.6 Å². The van der Waals surface area contributed by atoms with Crippen LogP contribution in [0, 0.1) is 0 Å². The first-order valence-electron chi connectivity index (χ1n) is 9.79. The highest BCUT2D eigenvalue weighted by Crippen LogP contribution is 2.26. The highest BCUT2D eigenvalue weighted by molar-refractivity contribution is 7.89. The molecule has 162 valence electrons. The van der Waals surface area contributed by atoms with Crippen LogP contribution in [0.5, 0.6) is 0 Å². The summed E-state index contributed by atoms with van der Waals surface area (Å²) in [4.78, 5) is 39.3. The summed E-state index contributed by atoms with van der Waals surface area (Å²) in [6, 6.07) is 12.6. The smallest absolute Gasteiger partial charge is 0.253 e. The van der Waals surface area contributed by atoms with Gasteiger partial charge in [0.15, 0.2) is 0 Å². The topological polar surface area (TPSA) is 95.1 Å². The molecule has 2 aliphatic heterocycles. The van der Waals surface area contributed by atoms with Crippen LogP contribution >= 0.6 is 11.6 Å². The van der Waals surface area contributed by atoms with Gasteiger partial charge in [-0.3, -0.25) is 19.3 Å². The van der Waals surface area contributed by atoms with E-state index in [4.69, 9.17) is 11.6 Å². The summed E-state index contributed by atoms with van der Waals surface area (Å²) in [7, 11) is -3.74. The summed E-state index contributed by atoms with van der Waals surface area (Å²) in [6.07, 6.45) is 0.391. The number of carbonyl (C=O) groups is 3. The molecule has 0 spiro atoms. The van der Waals surface area contributed by atoms with Crippen LogP contribution in [0.4, 0.5) is 5.69 Å². The van der Waals surface area contributed by atoms with Crippen LogP contribution in [0.1, 0.15) is 23.2 Å². The number of amides is 3. The largest absolute Gasteiger partial charge is 0.336 e. The molecule has 0 unspecified atom stereocenters. The van der Waals surface area contributed by atoms with Crippen LogP contribution in [0.25, 0.3) is 0 Å². The average molecular weight is 462 g/mol. The molecule has 10 heteroatoms. The third kappa shape index (κ3) is 4.08. The SMILES string of the molecule is O=C(c1ccc(N2C(=O)CCC2=O)cc1)N1CCN(S(=O)(=O)c2ccccc2Cl)CC1. The summed E-state index contributed by atoms with van der Waals surface area (Å²) < 4.78 is 27.0. The van der Waals surface area contributed by atoms with Crippen molar-refractivity contribution < 1.29 is 22.8 Å². The van der Waals surface area contributed by atoms with Crippen molar-refractivity contribution in [1.29, 1.82) is 0 Å². The zero-order valence-corrected chi connectivity index (χ0v) is 18.1.